The van der Waals surface area contributed by atoms with Crippen LogP contribution in [0.25, 0.3) is 33.5 Å². The highest BCUT2D eigenvalue weighted by molar-refractivity contribution is 6.01. The van der Waals surface area contributed by atoms with Gasteiger partial charge < -0.3 is 15.1 Å². The number of piperazine rings is 1. The van der Waals surface area contributed by atoms with Crippen LogP contribution in [0.2, 0.25) is 0 Å². The lowest BCUT2D eigenvalue weighted by atomic mass is 9.88. The fourth-order valence-electron chi connectivity index (χ4n) is 6.31. The van der Waals surface area contributed by atoms with Crippen LogP contribution in [0, 0.1) is 28.4 Å². The van der Waals surface area contributed by atoms with Crippen molar-refractivity contribution in [2.24, 2.45) is 5.41 Å². The zero-order valence-corrected chi connectivity index (χ0v) is 25.9. The smallest absolute Gasteiger partial charge is 0.246 e. The number of rotatable bonds is 7. The molecule has 1 unspecified atom stereocenters. The summed E-state index contributed by atoms with van der Waals surface area (Å²) in [5, 5.41) is 21.1. The predicted octanol–water partition coefficient (Wildman–Crippen LogP) is 4.47. The van der Waals surface area contributed by atoms with Gasteiger partial charge in [-0.3, -0.25) is 19.6 Å². The van der Waals surface area contributed by atoms with Gasteiger partial charge in [0.15, 0.2) is 11.6 Å². The summed E-state index contributed by atoms with van der Waals surface area (Å²) in [4.78, 5) is 40.7. The second-order valence-corrected chi connectivity index (χ2v) is 12.1. The fourth-order valence-corrected chi connectivity index (χ4v) is 6.31. The Hall–Kier alpha value is -5.74. The maximum Gasteiger partial charge on any atom is 0.246 e. The third kappa shape index (κ3) is 6.17. The van der Waals surface area contributed by atoms with E-state index in [1.807, 2.05) is 34.1 Å². The van der Waals surface area contributed by atoms with Crippen molar-refractivity contribution in [2.45, 2.75) is 6.42 Å². The SMILES string of the molecule is N#CC1(C(=O)Nc2ccc3[nH]nc(-c4ccc(F)cc4)c3c2)CCN(CC(=O)N2CCN(c3ccc(-c4ncc(F)cn4)cc3)CC2)C1. The van der Waals surface area contributed by atoms with Gasteiger partial charge in [0.1, 0.15) is 11.2 Å². The summed E-state index contributed by atoms with van der Waals surface area (Å²) in [5.74, 6) is -0.835. The molecule has 5 aromatic rings. The summed E-state index contributed by atoms with van der Waals surface area (Å²) in [6.45, 7) is 3.15. The Labute approximate surface area is 274 Å². The van der Waals surface area contributed by atoms with Gasteiger partial charge in [-0.05, 0) is 73.2 Å². The van der Waals surface area contributed by atoms with E-state index in [9.17, 15) is 23.6 Å². The predicted molar refractivity (Wildman–Crippen MR) is 175 cm³/mol. The number of benzene rings is 3. The summed E-state index contributed by atoms with van der Waals surface area (Å²) < 4.78 is 26.6. The van der Waals surface area contributed by atoms with Crippen molar-refractivity contribution in [3.63, 3.8) is 0 Å². The highest BCUT2D eigenvalue weighted by atomic mass is 19.1. The summed E-state index contributed by atoms with van der Waals surface area (Å²) in [6, 6.07) is 21.3. The first-order chi connectivity index (χ1) is 23.3. The Morgan fingerprint density at radius 1 is 0.896 bits per heavy atom. The molecule has 2 N–H and O–H groups in total. The normalized spacial score (nSPS) is 18.2. The first kappa shape index (κ1) is 30.9. The molecule has 0 spiro atoms. The van der Waals surface area contributed by atoms with Crippen molar-refractivity contribution >= 4 is 34.1 Å². The monoisotopic (exact) mass is 647 g/mol. The van der Waals surface area contributed by atoms with Crippen LogP contribution < -0.4 is 10.2 Å². The van der Waals surface area contributed by atoms with E-state index in [-0.39, 0.29) is 24.8 Å². The number of amides is 2. The van der Waals surface area contributed by atoms with E-state index in [2.05, 4.69) is 36.5 Å². The number of hydrogen-bond acceptors (Lipinski definition) is 8. The number of aromatic nitrogens is 4. The molecule has 2 saturated heterocycles. The van der Waals surface area contributed by atoms with Crippen LogP contribution in [0.4, 0.5) is 20.2 Å². The average Bonchev–Trinajstić information content (AvgIpc) is 3.74. The van der Waals surface area contributed by atoms with Crippen LogP contribution in [-0.2, 0) is 9.59 Å². The molecule has 0 radical (unpaired) electrons. The molecule has 48 heavy (non-hydrogen) atoms. The first-order valence-corrected chi connectivity index (χ1v) is 15.6. The third-order valence-corrected chi connectivity index (χ3v) is 9.04. The Morgan fingerprint density at radius 2 is 1.60 bits per heavy atom. The molecular formula is C35H31F2N9O2. The van der Waals surface area contributed by atoms with Gasteiger partial charge in [0, 0.05) is 67.2 Å². The van der Waals surface area contributed by atoms with Crippen molar-refractivity contribution in [3.05, 3.63) is 90.8 Å². The van der Waals surface area contributed by atoms with Crippen molar-refractivity contribution in [2.75, 3.05) is 56.0 Å². The summed E-state index contributed by atoms with van der Waals surface area (Å²) in [5.41, 5.74) is 3.12. The zero-order chi connectivity index (χ0) is 33.3. The number of halogens is 2. The van der Waals surface area contributed by atoms with E-state index in [1.165, 1.54) is 12.1 Å². The molecular weight excluding hydrogens is 616 g/mol. The molecule has 13 heteroatoms. The van der Waals surface area contributed by atoms with Gasteiger partial charge in [-0.25, -0.2) is 18.7 Å². The molecule has 2 fully saturated rings. The van der Waals surface area contributed by atoms with Crippen LogP contribution in [0.3, 0.4) is 0 Å². The van der Waals surface area contributed by atoms with E-state index in [1.54, 1.807) is 30.3 Å². The van der Waals surface area contributed by atoms with E-state index in [0.717, 1.165) is 40.1 Å². The van der Waals surface area contributed by atoms with Gasteiger partial charge in [0.05, 0.1) is 36.2 Å². The summed E-state index contributed by atoms with van der Waals surface area (Å²) >= 11 is 0. The molecule has 7 rings (SSSR count). The van der Waals surface area contributed by atoms with Gasteiger partial charge in [0.2, 0.25) is 11.8 Å². The lowest BCUT2D eigenvalue weighted by Gasteiger charge is -2.36. The number of aromatic amines is 1. The molecule has 242 valence electrons. The number of nitriles is 1. The Bertz CT molecular complexity index is 2000. The van der Waals surface area contributed by atoms with Gasteiger partial charge in [0.25, 0.3) is 0 Å². The molecule has 1 atom stereocenters. The molecule has 3 aromatic carbocycles. The quantitative estimate of drug-likeness (QED) is 0.265. The zero-order valence-electron chi connectivity index (χ0n) is 25.9. The molecule has 4 heterocycles. The number of nitrogens with zero attached hydrogens (tertiary/aromatic N) is 7. The molecule has 0 saturated carbocycles. The number of carbonyl (C=O) groups is 2. The number of fused-ring (bicyclic) bond motifs is 1. The molecule has 2 aromatic heterocycles. The Morgan fingerprint density at radius 3 is 2.31 bits per heavy atom. The number of nitrogens with one attached hydrogen (secondary N) is 2. The van der Waals surface area contributed by atoms with E-state index in [0.29, 0.717) is 56.4 Å². The standard InChI is InChI=1S/C35H31F2N9O2/c36-25-5-1-23(2-6-25)32-29-17-27(7-10-30(29)42-43-32)41-34(48)35(21-38)11-12-44(22-35)20-31(47)46-15-13-45(14-16-46)28-8-3-24(4-9-28)33-39-18-26(37)19-40-33/h1-10,17-19H,11-16,20,22H2,(H,41,48)(H,42,43). The Kier molecular flexibility index (Phi) is 8.24. The van der Waals surface area contributed by atoms with E-state index < -0.39 is 17.1 Å². The van der Waals surface area contributed by atoms with Gasteiger partial charge in [-0.1, -0.05) is 0 Å². The fraction of sp³-hybridized carbons (Fsp3) is 0.257. The van der Waals surface area contributed by atoms with Crippen molar-refractivity contribution in [3.8, 4) is 28.7 Å². The van der Waals surface area contributed by atoms with Gasteiger partial charge in [-0.2, -0.15) is 10.4 Å². The maximum absolute atomic E-state index is 13.5. The minimum absolute atomic E-state index is 0.0358. The largest absolute Gasteiger partial charge is 0.368 e. The van der Waals surface area contributed by atoms with Gasteiger partial charge >= 0.3 is 0 Å². The second-order valence-electron chi connectivity index (χ2n) is 12.1. The van der Waals surface area contributed by atoms with Crippen molar-refractivity contribution < 1.29 is 18.4 Å². The number of hydrogen-bond donors (Lipinski definition) is 2. The molecule has 2 aliphatic heterocycles. The maximum atomic E-state index is 13.5. The molecule has 0 aliphatic carbocycles. The van der Waals surface area contributed by atoms with Crippen LogP contribution in [0.1, 0.15) is 6.42 Å². The molecule has 11 nitrogen and oxygen atoms in total. The third-order valence-electron chi connectivity index (χ3n) is 9.04. The molecule has 2 amide bonds. The first-order valence-electron chi connectivity index (χ1n) is 15.6. The van der Waals surface area contributed by atoms with Crippen molar-refractivity contribution in [1.29, 1.82) is 5.26 Å². The average molecular weight is 648 g/mol. The van der Waals surface area contributed by atoms with E-state index in [4.69, 9.17) is 0 Å². The van der Waals surface area contributed by atoms with Crippen LogP contribution >= 0.6 is 0 Å². The highest BCUT2D eigenvalue weighted by Gasteiger charge is 2.46. The number of anilines is 2. The minimum Gasteiger partial charge on any atom is -0.368 e. The van der Waals surface area contributed by atoms with E-state index >= 15 is 0 Å². The lowest BCUT2D eigenvalue weighted by molar-refractivity contribution is -0.133. The van der Waals surface area contributed by atoms with Crippen molar-refractivity contribution in [1.82, 2.24) is 30.0 Å². The summed E-state index contributed by atoms with van der Waals surface area (Å²) in [7, 11) is 0. The van der Waals surface area contributed by atoms with Crippen LogP contribution in [0.5, 0.6) is 0 Å². The molecule has 0 bridgehead atoms. The van der Waals surface area contributed by atoms with Crippen LogP contribution in [0.15, 0.2) is 79.1 Å². The number of H-pyrrole nitrogens is 1. The number of likely N-dealkylation sites (tertiary alicyclic amines) is 1. The molecule has 2 aliphatic rings. The topological polar surface area (TPSA) is 134 Å². The number of carbonyl (C=O) groups excluding carboxylic acids is 2. The van der Waals surface area contributed by atoms with Gasteiger partial charge in [-0.15, -0.1) is 0 Å². The summed E-state index contributed by atoms with van der Waals surface area (Å²) in [6.07, 6.45) is 2.59. The minimum atomic E-state index is -1.30. The Balaban J connectivity index is 0.936. The van der Waals surface area contributed by atoms with Crippen LogP contribution in [-0.4, -0.2) is 87.6 Å². The second kappa shape index (κ2) is 12.8. The highest BCUT2D eigenvalue weighted by Crippen LogP contribution is 2.33. The lowest BCUT2D eigenvalue weighted by Crippen LogP contribution is -2.51.